The summed E-state index contributed by atoms with van der Waals surface area (Å²) in [6.07, 6.45) is 0. The lowest BCUT2D eigenvalue weighted by Gasteiger charge is -2.13. The first-order chi connectivity index (χ1) is 11.5. The van der Waals surface area contributed by atoms with Gasteiger partial charge < -0.3 is 10.1 Å². The number of rotatable bonds is 3. The summed E-state index contributed by atoms with van der Waals surface area (Å²) in [6.45, 7) is 6.15. The van der Waals surface area contributed by atoms with E-state index in [0.717, 1.165) is 33.5 Å². The number of hydrogen-bond donors (Lipinski definition) is 1. The number of halogens is 1. The number of anilines is 2. The van der Waals surface area contributed by atoms with Gasteiger partial charge in [-0.3, -0.25) is 4.98 Å². The van der Waals surface area contributed by atoms with Crippen molar-refractivity contribution in [1.82, 2.24) is 4.98 Å². The first-order valence-electron chi connectivity index (χ1n) is 7.82. The Morgan fingerprint density at radius 2 is 1.72 bits per heavy atom. The summed E-state index contributed by atoms with van der Waals surface area (Å²) in [5.74, 6) is -0.335. The van der Waals surface area contributed by atoms with Crippen LogP contribution in [0.5, 0.6) is 0 Å². The molecule has 0 aliphatic carbocycles. The number of hydrogen-bond acceptors (Lipinski definition) is 4. The van der Waals surface area contributed by atoms with Crippen molar-refractivity contribution >= 4 is 40.7 Å². The van der Waals surface area contributed by atoms with Crippen molar-refractivity contribution in [3.05, 3.63) is 64.8 Å². The molecular weight excluding hydrogens is 336 g/mol. The number of methoxy groups -OCH3 is 1. The molecular formula is C20H21ClN2O2. The number of carbonyl (C=O) groups is 1. The van der Waals surface area contributed by atoms with Crippen LogP contribution in [-0.4, -0.2) is 18.1 Å². The van der Waals surface area contributed by atoms with Gasteiger partial charge >= 0.3 is 5.97 Å². The number of fused-ring (bicyclic) bond motifs is 1. The summed E-state index contributed by atoms with van der Waals surface area (Å²) in [4.78, 5) is 16.2. The molecule has 0 spiro atoms. The summed E-state index contributed by atoms with van der Waals surface area (Å²) < 4.78 is 4.73. The fourth-order valence-corrected chi connectivity index (χ4v) is 2.88. The molecule has 0 aliphatic rings. The van der Waals surface area contributed by atoms with Gasteiger partial charge in [0, 0.05) is 22.5 Å². The second-order valence-electron chi connectivity index (χ2n) is 5.98. The van der Waals surface area contributed by atoms with Crippen LogP contribution in [0.1, 0.15) is 27.2 Å². The van der Waals surface area contributed by atoms with Gasteiger partial charge in [-0.05, 0) is 62.7 Å². The molecule has 0 radical (unpaired) electrons. The van der Waals surface area contributed by atoms with E-state index in [1.165, 1.54) is 12.7 Å². The lowest BCUT2D eigenvalue weighted by atomic mass is 10.0. The Morgan fingerprint density at radius 3 is 2.36 bits per heavy atom. The van der Waals surface area contributed by atoms with E-state index >= 15 is 0 Å². The first kappa shape index (κ1) is 18.7. The third-order valence-corrected chi connectivity index (χ3v) is 3.96. The van der Waals surface area contributed by atoms with Crippen LogP contribution in [0.2, 0.25) is 0 Å². The predicted molar refractivity (Wildman–Crippen MR) is 104 cm³/mol. The van der Waals surface area contributed by atoms with Gasteiger partial charge in [-0.15, -0.1) is 12.4 Å². The molecule has 5 heteroatoms. The highest BCUT2D eigenvalue weighted by Gasteiger charge is 2.09. The molecule has 0 bridgehead atoms. The zero-order valence-electron chi connectivity index (χ0n) is 14.7. The monoisotopic (exact) mass is 356 g/mol. The van der Waals surface area contributed by atoms with Crippen LogP contribution < -0.4 is 5.32 Å². The number of aromatic nitrogens is 1. The second kappa shape index (κ2) is 7.53. The molecule has 3 rings (SSSR count). The molecule has 130 valence electrons. The highest BCUT2D eigenvalue weighted by atomic mass is 35.5. The molecule has 0 fully saturated rings. The second-order valence-corrected chi connectivity index (χ2v) is 5.98. The van der Waals surface area contributed by atoms with E-state index in [1.54, 1.807) is 12.1 Å². The average Bonchev–Trinajstić information content (AvgIpc) is 2.56. The van der Waals surface area contributed by atoms with Gasteiger partial charge in [0.15, 0.2) is 0 Å². The van der Waals surface area contributed by atoms with Crippen molar-refractivity contribution in [2.24, 2.45) is 0 Å². The summed E-state index contributed by atoms with van der Waals surface area (Å²) in [7, 11) is 1.38. The Morgan fingerprint density at radius 1 is 1.04 bits per heavy atom. The molecule has 1 N–H and O–H groups in total. The van der Waals surface area contributed by atoms with Gasteiger partial charge in [-0.2, -0.15) is 0 Å². The Balaban J connectivity index is 0.00000225. The van der Waals surface area contributed by atoms with E-state index in [2.05, 4.69) is 36.3 Å². The van der Waals surface area contributed by atoms with E-state index < -0.39 is 0 Å². The van der Waals surface area contributed by atoms with Crippen LogP contribution in [0, 0.1) is 20.8 Å². The van der Waals surface area contributed by atoms with Crippen molar-refractivity contribution < 1.29 is 9.53 Å². The van der Waals surface area contributed by atoms with E-state index in [0.29, 0.717) is 5.56 Å². The number of pyridine rings is 1. The van der Waals surface area contributed by atoms with Gasteiger partial charge in [0.25, 0.3) is 0 Å². The zero-order valence-corrected chi connectivity index (χ0v) is 15.5. The number of benzene rings is 2. The average molecular weight is 357 g/mol. The number of aryl methyl sites for hydroxylation is 3. The number of nitrogens with zero attached hydrogens (tertiary/aromatic N) is 1. The van der Waals surface area contributed by atoms with E-state index in [-0.39, 0.29) is 18.4 Å². The minimum Gasteiger partial charge on any atom is -0.465 e. The van der Waals surface area contributed by atoms with Gasteiger partial charge in [0.2, 0.25) is 0 Å². The van der Waals surface area contributed by atoms with Crippen LogP contribution in [0.4, 0.5) is 11.4 Å². The number of nitrogens with one attached hydrogen (secondary N) is 1. The number of ether oxygens (including phenoxy) is 1. The summed E-state index contributed by atoms with van der Waals surface area (Å²) >= 11 is 0. The van der Waals surface area contributed by atoms with Crippen LogP contribution >= 0.6 is 12.4 Å². The van der Waals surface area contributed by atoms with Crippen LogP contribution in [0.3, 0.4) is 0 Å². The Kier molecular flexibility index (Phi) is 5.65. The predicted octanol–water partition coefficient (Wildman–Crippen LogP) is 5.11. The molecule has 0 aliphatic heterocycles. The molecule has 1 aromatic heterocycles. The van der Waals surface area contributed by atoms with Crippen molar-refractivity contribution in [2.75, 3.05) is 12.4 Å². The topological polar surface area (TPSA) is 51.2 Å². The Hall–Kier alpha value is -2.59. The molecule has 0 unspecified atom stereocenters. The van der Waals surface area contributed by atoms with Gasteiger partial charge in [-0.1, -0.05) is 11.6 Å². The zero-order chi connectivity index (χ0) is 17.3. The summed E-state index contributed by atoms with van der Waals surface area (Å²) in [6, 6.07) is 13.6. The molecule has 0 saturated heterocycles. The molecule has 25 heavy (non-hydrogen) atoms. The largest absolute Gasteiger partial charge is 0.465 e. The normalized spacial score (nSPS) is 10.2. The van der Waals surface area contributed by atoms with Crippen molar-refractivity contribution in [3.63, 3.8) is 0 Å². The third-order valence-electron chi connectivity index (χ3n) is 3.96. The molecule has 3 aromatic rings. The lowest BCUT2D eigenvalue weighted by molar-refractivity contribution is 0.0601. The number of esters is 1. The Labute approximate surface area is 153 Å². The summed E-state index contributed by atoms with van der Waals surface area (Å²) in [5.41, 5.74) is 6.79. The van der Waals surface area contributed by atoms with Crippen molar-refractivity contribution in [1.29, 1.82) is 0 Å². The lowest BCUT2D eigenvalue weighted by Crippen LogP contribution is -2.01. The molecule has 0 amide bonds. The van der Waals surface area contributed by atoms with Gasteiger partial charge in [0.05, 0.1) is 18.2 Å². The molecule has 0 atom stereocenters. The SMILES string of the molecule is COC(=O)c1ccc(Nc2cc(C)nc3c(C)cc(C)cc23)cc1.Cl. The van der Waals surface area contributed by atoms with Crippen molar-refractivity contribution in [3.8, 4) is 0 Å². The summed E-state index contributed by atoms with van der Waals surface area (Å²) in [5, 5.41) is 4.53. The van der Waals surface area contributed by atoms with E-state index in [1.807, 2.05) is 25.1 Å². The van der Waals surface area contributed by atoms with Crippen LogP contribution in [-0.2, 0) is 4.74 Å². The van der Waals surface area contributed by atoms with E-state index in [9.17, 15) is 4.79 Å². The first-order valence-corrected chi connectivity index (χ1v) is 7.82. The standard InChI is InChI=1S/C20H20N2O2.ClH/c1-12-9-13(2)19-17(10-12)18(11-14(3)21-19)22-16-7-5-15(6-8-16)20(23)24-4;/h5-11H,1-4H3,(H,21,22);1H. The number of carbonyl (C=O) groups excluding carboxylic acids is 1. The fraction of sp³-hybridized carbons (Fsp3) is 0.200. The molecule has 4 nitrogen and oxygen atoms in total. The third kappa shape index (κ3) is 3.91. The molecule has 2 aromatic carbocycles. The van der Waals surface area contributed by atoms with Crippen LogP contribution in [0.15, 0.2) is 42.5 Å². The van der Waals surface area contributed by atoms with Crippen LogP contribution in [0.25, 0.3) is 10.9 Å². The highest BCUT2D eigenvalue weighted by molar-refractivity contribution is 5.96. The minimum absolute atomic E-state index is 0. The highest BCUT2D eigenvalue weighted by Crippen LogP contribution is 2.29. The molecule has 1 heterocycles. The maximum absolute atomic E-state index is 11.5. The fourth-order valence-electron chi connectivity index (χ4n) is 2.88. The molecule has 0 saturated carbocycles. The van der Waals surface area contributed by atoms with Gasteiger partial charge in [0.1, 0.15) is 0 Å². The Bertz CT molecular complexity index is 921. The maximum atomic E-state index is 11.5. The quantitative estimate of drug-likeness (QED) is 0.662. The van der Waals surface area contributed by atoms with Gasteiger partial charge in [-0.25, -0.2) is 4.79 Å². The smallest absolute Gasteiger partial charge is 0.337 e. The minimum atomic E-state index is -0.335. The maximum Gasteiger partial charge on any atom is 0.337 e. The van der Waals surface area contributed by atoms with Crippen molar-refractivity contribution in [2.45, 2.75) is 20.8 Å². The van der Waals surface area contributed by atoms with E-state index in [4.69, 9.17) is 4.74 Å².